The maximum absolute atomic E-state index is 11.0. The molecular weight excluding hydrogens is 198 g/mol. The first kappa shape index (κ1) is 8.96. The van der Waals surface area contributed by atoms with Gasteiger partial charge in [0.05, 0.1) is 6.20 Å². The largest absolute Gasteiger partial charge is 0.292 e. The third kappa shape index (κ3) is 1.67. The average molecular weight is 205 g/mol. The second-order valence-corrected chi connectivity index (χ2v) is 3.54. The predicted molar refractivity (Wildman–Crippen MR) is 53.1 cm³/mol. The van der Waals surface area contributed by atoms with E-state index in [-0.39, 0.29) is 5.78 Å². The number of ketones is 1. The molecule has 0 amide bonds. The standard InChI is InChI=1S/C9H7N3OS/c1-6(13)9-12-8(5-14-9)7-4-10-2-3-11-7/h2-5H,1H3. The molecule has 2 aromatic rings. The number of Topliss-reactive ketones (excluding diaryl/α,β-unsaturated/α-hetero) is 1. The fraction of sp³-hybridized carbons (Fsp3) is 0.111. The van der Waals surface area contributed by atoms with E-state index in [0.29, 0.717) is 16.4 Å². The van der Waals surface area contributed by atoms with Crippen molar-refractivity contribution in [3.63, 3.8) is 0 Å². The Hall–Kier alpha value is -1.62. The van der Waals surface area contributed by atoms with Crippen molar-refractivity contribution in [2.24, 2.45) is 0 Å². The summed E-state index contributed by atoms with van der Waals surface area (Å²) in [7, 11) is 0. The number of nitrogens with zero attached hydrogens (tertiary/aromatic N) is 3. The van der Waals surface area contributed by atoms with Gasteiger partial charge >= 0.3 is 0 Å². The molecule has 0 aromatic carbocycles. The van der Waals surface area contributed by atoms with Crippen molar-refractivity contribution in [2.45, 2.75) is 6.92 Å². The number of hydrogen-bond acceptors (Lipinski definition) is 5. The Morgan fingerprint density at radius 1 is 1.36 bits per heavy atom. The molecule has 0 spiro atoms. The minimum atomic E-state index is -0.0230. The lowest BCUT2D eigenvalue weighted by Crippen LogP contribution is -1.90. The molecule has 0 aliphatic heterocycles. The molecule has 0 aliphatic carbocycles. The van der Waals surface area contributed by atoms with Crippen molar-refractivity contribution in [3.05, 3.63) is 29.0 Å². The fourth-order valence-electron chi connectivity index (χ4n) is 0.984. The monoisotopic (exact) mass is 205 g/mol. The van der Waals surface area contributed by atoms with Gasteiger partial charge in [-0.2, -0.15) is 0 Å². The van der Waals surface area contributed by atoms with E-state index in [9.17, 15) is 4.79 Å². The van der Waals surface area contributed by atoms with Gasteiger partial charge in [0.2, 0.25) is 0 Å². The Morgan fingerprint density at radius 2 is 2.21 bits per heavy atom. The fourth-order valence-corrected chi connectivity index (χ4v) is 1.70. The molecule has 0 unspecified atom stereocenters. The van der Waals surface area contributed by atoms with E-state index in [4.69, 9.17) is 0 Å². The lowest BCUT2D eigenvalue weighted by atomic mass is 10.3. The number of thiazole rings is 1. The molecule has 4 nitrogen and oxygen atoms in total. The lowest BCUT2D eigenvalue weighted by Gasteiger charge is -1.91. The Balaban J connectivity index is 2.39. The molecular formula is C9H7N3OS. The first-order chi connectivity index (χ1) is 6.77. The topological polar surface area (TPSA) is 55.7 Å². The third-order valence-corrected chi connectivity index (χ3v) is 2.57. The highest BCUT2D eigenvalue weighted by molar-refractivity contribution is 7.12. The van der Waals surface area contributed by atoms with Crippen LogP contribution < -0.4 is 0 Å². The number of hydrogen-bond donors (Lipinski definition) is 0. The number of carbonyl (C=O) groups excluding carboxylic acids is 1. The maximum Gasteiger partial charge on any atom is 0.188 e. The summed E-state index contributed by atoms with van der Waals surface area (Å²) in [6, 6.07) is 0. The van der Waals surface area contributed by atoms with Gasteiger partial charge in [0.25, 0.3) is 0 Å². The number of carbonyl (C=O) groups is 1. The summed E-state index contributed by atoms with van der Waals surface area (Å²) >= 11 is 1.32. The van der Waals surface area contributed by atoms with Gasteiger partial charge < -0.3 is 0 Å². The second-order valence-electron chi connectivity index (χ2n) is 2.68. The van der Waals surface area contributed by atoms with Crippen molar-refractivity contribution in [1.82, 2.24) is 15.0 Å². The summed E-state index contributed by atoms with van der Waals surface area (Å²) in [4.78, 5) is 23.2. The molecule has 2 aromatic heterocycles. The van der Waals surface area contributed by atoms with Crippen LogP contribution in [0.2, 0.25) is 0 Å². The smallest absolute Gasteiger partial charge is 0.188 e. The summed E-state index contributed by atoms with van der Waals surface area (Å²) in [5.41, 5.74) is 1.39. The van der Waals surface area contributed by atoms with E-state index in [1.54, 1.807) is 24.0 Å². The van der Waals surface area contributed by atoms with Crippen LogP contribution in [0.25, 0.3) is 11.4 Å². The minimum Gasteiger partial charge on any atom is -0.292 e. The van der Waals surface area contributed by atoms with Crippen LogP contribution in [0.5, 0.6) is 0 Å². The van der Waals surface area contributed by atoms with Crippen LogP contribution in [0.4, 0.5) is 0 Å². The van der Waals surface area contributed by atoms with Crippen molar-refractivity contribution in [2.75, 3.05) is 0 Å². The van der Waals surface area contributed by atoms with Crippen molar-refractivity contribution in [3.8, 4) is 11.4 Å². The highest BCUT2D eigenvalue weighted by Gasteiger charge is 2.08. The van der Waals surface area contributed by atoms with Crippen LogP contribution in [0.15, 0.2) is 24.0 Å². The molecule has 70 valence electrons. The van der Waals surface area contributed by atoms with Crippen LogP contribution in [0.1, 0.15) is 16.7 Å². The molecule has 14 heavy (non-hydrogen) atoms. The Bertz CT molecular complexity index is 452. The molecule has 0 atom stereocenters. The summed E-state index contributed by atoms with van der Waals surface area (Å²) in [6.45, 7) is 1.50. The number of rotatable bonds is 2. The Morgan fingerprint density at radius 3 is 2.79 bits per heavy atom. The molecule has 5 heteroatoms. The van der Waals surface area contributed by atoms with Crippen LogP contribution >= 0.6 is 11.3 Å². The summed E-state index contributed by atoms with van der Waals surface area (Å²) in [5, 5.41) is 2.31. The third-order valence-electron chi connectivity index (χ3n) is 1.63. The lowest BCUT2D eigenvalue weighted by molar-refractivity contribution is 0.101. The highest BCUT2D eigenvalue weighted by atomic mass is 32.1. The van der Waals surface area contributed by atoms with Gasteiger partial charge in [-0.3, -0.25) is 14.8 Å². The van der Waals surface area contributed by atoms with Gasteiger partial charge in [-0.25, -0.2) is 4.98 Å². The van der Waals surface area contributed by atoms with Gasteiger partial charge in [0.15, 0.2) is 10.8 Å². The van der Waals surface area contributed by atoms with Crippen molar-refractivity contribution < 1.29 is 4.79 Å². The summed E-state index contributed by atoms with van der Waals surface area (Å²) in [5.74, 6) is -0.0230. The van der Waals surface area contributed by atoms with Gasteiger partial charge in [-0.05, 0) is 0 Å². The Kier molecular flexibility index (Phi) is 2.32. The van der Waals surface area contributed by atoms with Crippen molar-refractivity contribution >= 4 is 17.1 Å². The summed E-state index contributed by atoms with van der Waals surface area (Å²) < 4.78 is 0. The van der Waals surface area contributed by atoms with Crippen LogP contribution in [0, 0.1) is 0 Å². The molecule has 0 aliphatic rings. The van der Waals surface area contributed by atoms with Crippen LogP contribution in [-0.2, 0) is 0 Å². The van der Waals surface area contributed by atoms with E-state index in [0.717, 1.165) is 0 Å². The molecule has 2 rings (SSSR count). The van der Waals surface area contributed by atoms with E-state index in [1.807, 2.05) is 0 Å². The average Bonchev–Trinajstić information content (AvgIpc) is 2.68. The second kappa shape index (κ2) is 3.63. The number of aromatic nitrogens is 3. The molecule has 2 heterocycles. The molecule has 0 saturated heterocycles. The quantitative estimate of drug-likeness (QED) is 0.701. The molecule has 0 N–H and O–H groups in total. The predicted octanol–water partition coefficient (Wildman–Crippen LogP) is 1.80. The summed E-state index contributed by atoms with van der Waals surface area (Å²) in [6.07, 6.45) is 4.82. The normalized spacial score (nSPS) is 10.1. The first-order valence-electron chi connectivity index (χ1n) is 4.00. The highest BCUT2D eigenvalue weighted by Crippen LogP contribution is 2.18. The van der Waals surface area contributed by atoms with Gasteiger partial charge in [-0.15, -0.1) is 11.3 Å². The molecule has 0 radical (unpaired) electrons. The van der Waals surface area contributed by atoms with Crippen LogP contribution in [0.3, 0.4) is 0 Å². The van der Waals surface area contributed by atoms with Crippen LogP contribution in [-0.4, -0.2) is 20.7 Å². The molecule has 0 bridgehead atoms. The van der Waals surface area contributed by atoms with Gasteiger partial charge in [0.1, 0.15) is 11.4 Å². The van der Waals surface area contributed by atoms with Crippen molar-refractivity contribution in [1.29, 1.82) is 0 Å². The van der Waals surface area contributed by atoms with Gasteiger partial charge in [0, 0.05) is 24.7 Å². The minimum absolute atomic E-state index is 0.0230. The van der Waals surface area contributed by atoms with E-state index < -0.39 is 0 Å². The van der Waals surface area contributed by atoms with E-state index in [1.165, 1.54) is 18.3 Å². The Labute approximate surface area is 84.7 Å². The first-order valence-corrected chi connectivity index (χ1v) is 4.88. The SMILES string of the molecule is CC(=O)c1nc(-c2cnccn2)cs1. The zero-order valence-corrected chi connectivity index (χ0v) is 8.28. The zero-order chi connectivity index (χ0) is 9.97. The molecule has 0 fully saturated rings. The van der Waals surface area contributed by atoms with E-state index in [2.05, 4.69) is 15.0 Å². The maximum atomic E-state index is 11.0. The molecule has 0 saturated carbocycles. The van der Waals surface area contributed by atoms with Gasteiger partial charge in [-0.1, -0.05) is 0 Å². The van der Waals surface area contributed by atoms with E-state index >= 15 is 0 Å². The zero-order valence-electron chi connectivity index (χ0n) is 7.47.